The van der Waals surface area contributed by atoms with Crippen LogP contribution in [0.4, 0.5) is 5.95 Å². The van der Waals surface area contributed by atoms with Gasteiger partial charge in [0, 0.05) is 18.6 Å². The summed E-state index contributed by atoms with van der Waals surface area (Å²) in [6, 6.07) is 0. The molecule has 2 rings (SSSR count). The maximum absolute atomic E-state index is 11.1. The first-order valence-corrected chi connectivity index (χ1v) is 3.87. The van der Waals surface area contributed by atoms with Crippen LogP contribution in [0.2, 0.25) is 0 Å². The van der Waals surface area contributed by atoms with Gasteiger partial charge in [-0.25, -0.2) is 9.78 Å². The van der Waals surface area contributed by atoms with Crippen molar-refractivity contribution in [1.29, 1.82) is 0 Å². The van der Waals surface area contributed by atoms with Crippen molar-refractivity contribution in [2.24, 2.45) is 0 Å². The Bertz CT molecular complexity index is 367. The number of hydrogen-bond donors (Lipinski definition) is 1. The Hall–Kier alpha value is -1.78. The van der Waals surface area contributed by atoms with Gasteiger partial charge >= 0.3 is 5.97 Å². The monoisotopic (exact) mass is 179 g/mol. The second-order valence-electron chi connectivity index (χ2n) is 2.66. The number of anilines is 1. The van der Waals surface area contributed by atoms with E-state index >= 15 is 0 Å². The minimum Gasteiger partial charge on any atom is -0.466 e. The lowest BCUT2D eigenvalue weighted by Crippen LogP contribution is -2.20. The molecule has 0 fully saturated rings. The molecule has 1 aliphatic heterocycles. The number of esters is 1. The van der Waals surface area contributed by atoms with Gasteiger partial charge in [0.2, 0.25) is 5.95 Å². The molecule has 5 heteroatoms. The van der Waals surface area contributed by atoms with E-state index in [4.69, 9.17) is 0 Å². The van der Waals surface area contributed by atoms with Crippen LogP contribution < -0.4 is 5.32 Å². The van der Waals surface area contributed by atoms with Crippen molar-refractivity contribution in [3.05, 3.63) is 18.0 Å². The first-order chi connectivity index (χ1) is 6.31. The summed E-state index contributed by atoms with van der Waals surface area (Å²) in [5, 5.41) is 2.99. The van der Waals surface area contributed by atoms with Crippen molar-refractivity contribution >= 4 is 18.1 Å². The van der Waals surface area contributed by atoms with Gasteiger partial charge < -0.3 is 10.1 Å². The van der Waals surface area contributed by atoms with E-state index in [9.17, 15) is 4.79 Å². The summed E-state index contributed by atoms with van der Waals surface area (Å²) in [6.45, 7) is 0.462. The molecule has 2 heterocycles. The molecular formula is C8H9N3O2. The number of nitrogens with zero attached hydrogens (tertiary/aromatic N) is 2. The Kier molecular flexibility index (Phi) is 1.77. The lowest BCUT2D eigenvalue weighted by Gasteiger charge is -2.14. The molecule has 0 aromatic carbocycles. The maximum atomic E-state index is 11.1. The summed E-state index contributed by atoms with van der Waals surface area (Å²) >= 11 is 0. The molecule has 1 aliphatic rings. The Morgan fingerprint density at radius 2 is 2.62 bits per heavy atom. The highest BCUT2D eigenvalue weighted by Gasteiger charge is 2.15. The van der Waals surface area contributed by atoms with Crippen molar-refractivity contribution in [3.8, 4) is 0 Å². The number of imidazole rings is 1. The van der Waals surface area contributed by atoms with Crippen molar-refractivity contribution in [2.45, 2.75) is 0 Å². The quantitative estimate of drug-likeness (QED) is 0.631. The number of ether oxygens (including phenoxy) is 1. The molecule has 0 spiro atoms. The number of rotatable bonds is 1. The van der Waals surface area contributed by atoms with Crippen molar-refractivity contribution < 1.29 is 9.53 Å². The smallest absolute Gasteiger partial charge is 0.337 e. The van der Waals surface area contributed by atoms with Crippen LogP contribution in [-0.4, -0.2) is 29.2 Å². The van der Waals surface area contributed by atoms with Crippen LogP contribution in [0.1, 0.15) is 0 Å². The van der Waals surface area contributed by atoms with E-state index in [2.05, 4.69) is 15.0 Å². The van der Waals surface area contributed by atoms with Crippen LogP contribution in [0.15, 0.2) is 18.0 Å². The van der Waals surface area contributed by atoms with E-state index in [1.807, 2.05) is 0 Å². The molecule has 68 valence electrons. The summed E-state index contributed by atoms with van der Waals surface area (Å²) in [5.41, 5.74) is 0.591. The molecular weight excluding hydrogens is 170 g/mol. The first-order valence-electron chi connectivity index (χ1n) is 3.87. The molecule has 0 atom stereocenters. The normalized spacial score (nSPS) is 14.1. The van der Waals surface area contributed by atoms with E-state index in [0.717, 1.165) is 5.95 Å². The third-order valence-corrected chi connectivity index (χ3v) is 1.85. The number of nitrogens with one attached hydrogen (secondary N) is 1. The highest BCUT2D eigenvalue weighted by atomic mass is 16.5. The maximum Gasteiger partial charge on any atom is 0.337 e. The van der Waals surface area contributed by atoms with Gasteiger partial charge in [0.15, 0.2) is 0 Å². The van der Waals surface area contributed by atoms with Crippen LogP contribution in [0.5, 0.6) is 0 Å². The second kappa shape index (κ2) is 2.93. The van der Waals surface area contributed by atoms with Crippen LogP contribution in [0.25, 0.3) is 6.20 Å². The predicted molar refractivity (Wildman–Crippen MR) is 47.0 cm³/mol. The van der Waals surface area contributed by atoms with Gasteiger partial charge in [0.25, 0.3) is 0 Å². The topological polar surface area (TPSA) is 56.2 Å². The number of carbonyl (C=O) groups is 1. The van der Waals surface area contributed by atoms with E-state index in [-0.39, 0.29) is 5.97 Å². The van der Waals surface area contributed by atoms with Crippen molar-refractivity contribution in [1.82, 2.24) is 9.55 Å². The molecule has 0 amide bonds. The van der Waals surface area contributed by atoms with E-state index < -0.39 is 0 Å². The van der Waals surface area contributed by atoms with Crippen molar-refractivity contribution in [2.75, 3.05) is 19.0 Å². The van der Waals surface area contributed by atoms with Gasteiger partial charge in [-0.2, -0.15) is 0 Å². The Morgan fingerprint density at radius 3 is 3.38 bits per heavy atom. The van der Waals surface area contributed by atoms with Crippen LogP contribution in [0, 0.1) is 0 Å². The summed E-state index contributed by atoms with van der Waals surface area (Å²) in [5.74, 6) is 0.430. The zero-order chi connectivity index (χ0) is 9.26. The van der Waals surface area contributed by atoms with Crippen LogP contribution in [0.3, 0.4) is 0 Å². The molecule has 0 saturated carbocycles. The molecule has 1 aromatic rings. The molecule has 0 unspecified atom stereocenters. The molecule has 1 aromatic heterocycles. The highest BCUT2D eigenvalue weighted by Crippen LogP contribution is 2.14. The predicted octanol–water partition coefficient (Wildman–Crippen LogP) is 0.322. The Morgan fingerprint density at radius 1 is 1.77 bits per heavy atom. The largest absolute Gasteiger partial charge is 0.466 e. The Balaban J connectivity index is 2.32. The summed E-state index contributed by atoms with van der Waals surface area (Å²) in [6.07, 6.45) is 5.15. The first kappa shape index (κ1) is 7.85. The molecule has 0 aliphatic carbocycles. The van der Waals surface area contributed by atoms with Crippen molar-refractivity contribution in [3.63, 3.8) is 0 Å². The second-order valence-corrected chi connectivity index (χ2v) is 2.66. The fourth-order valence-corrected chi connectivity index (χ4v) is 1.20. The van der Waals surface area contributed by atoms with E-state index in [1.54, 1.807) is 23.2 Å². The average molecular weight is 179 g/mol. The number of carbonyl (C=O) groups excluding carboxylic acids is 1. The highest BCUT2D eigenvalue weighted by molar-refractivity contribution is 5.93. The standard InChI is InChI=1S/C8H9N3O2/c1-13-7(12)6-4-10-8-9-2-3-11(8)5-6/h2-3,5H,4H2,1H3,(H,9,10). The molecule has 0 bridgehead atoms. The van der Waals surface area contributed by atoms with Gasteiger partial charge in [0.05, 0.1) is 19.2 Å². The third-order valence-electron chi connectivity index (χ3n) is 1.85. The molecule has 13 heavy (non-hydrogen) atoms. The molecule has 1 N–H and O–H groups in total. The number of methoxy groups -OCH3 is 1. The third kappa shape index (κ3) is 1.28. The summed E-state index contributed by atoms with van der Waals surface area (Å²) in [7, 11) is 1.37. The minimum absolute atomic E-state index is 0.313. The van der Waals surface area contributed by atoms with Crippen LogP contribution in [-0.2, 0) is 9.53 Å². The van der Waals surface area contributed by atoms with Gasteiger partial charge in [-0.05, 0) is 0 Å². The van der Waals surface area contributed by atoms with Gasteiger partial charge in [0.1, 0.15) is 0 Å². The summed E-state index contributed by atoms with van der Waals surface area (Å²) < 4.78 is 6.35. The average Bonchev–Trinajstić information content (AvgIpc) is 2.63. The fraction of sp³-hybridized carbons (Fsp3) is 0.250. The van der Waals surface area contributed by atoms with E-state index in [0.29, 0.717) is 12.1 Å². The van der Waals surface area contributed by atoms with Gasteiger partial charge in [-0.15, -0.1) is 0 Å². The van der Waals surface area contributed by atoms with Gasteiger partial charge in [-0.3, -0.25) is 4.57 Å². The minimum atomic E-state index is -0.313. The molecule has 0 radical (unpaired) electrons. The molecule has 5 nitrogen and oxygen atoms in total. The lowest BCUT2D eigenvalue weighted by atomic mass is 10.2. The lowest BCUT2D eigenvalue weighted by molar-refractivity contribution is -0.136. The van der Waals surface area contributed by atoms with Crippen LogP contribution >= 0.6 is 0 Å². The fourth-order valence-electron chi connectivity index (χ4n) is 1.20. The zero-order valence-corrected chi connectivity index (χ0v) is 7.15. The van der Waals surface area contributed by atoms with Gasteiger partial charge in [-0.1, -0.05) is 0 Å². The summed E-state index contributed by atoms with van der Waals surface area (Å²) in [4.78, 5) is 15.2. The number of fused-ring (bicyclic) bond motifs is 1. The van der Waals surface area contributed by atoms with E-state index in [1.165, 1.54) is 7.11 Å². The SMILES string of the molecule is COC(=O)C1=Cn2ccnc2NC1. The number of hydrogen-bond acceptors (Lipinski definition) is 4. The zero-order valence-electron chi connectivity index (χ0n) is 7.15. The Labute approximate surface area is 75.0 Å². The number of aromatic nitrogens is 2. The molecule has 0 saturated heterocycles.